The molecular weight excluding hydrogens is 278 g/mol. The second-order valence-corrected chi connectivity index (χ2v) is 5.81. The van der Waals surface area contributed by atoms with Gasteiger partial charge < -0.3 is 19.9 Å². The molecule has 1 aliphatic heterocycles. The van der Waals surface area contributed by atoms with Gasteiger partial charge in [0.1, 0.15) is 6.04 Å². The van der Waals surface area contributed by atoms with Crippen molar-refractivity contribution < 1.29 is 9.53 Å². The Morgan fingerprint density at radius 3 is 2.55 bits per heavy atom. The summed E-state index contributed by atoms with van der Waals surface area (Å²) < 4.78 is 4.75. The van der Waals surface area contributed by atoms with Gasteiger partial charge >= 0.3 is 5.97 Å². The number of carbonyl (C=O) groups is 1. The highest BCUT2D eigenvalue weighted by molar-refractivity contribution is 5.79. The number of hydrogen-bond acceptors (Lipinski definition) is 5. The topological polar surface area (TPSA) is 44.8 Å². The normalized spacial score (nSPS) is 17.2. The van der Waals surface area contributed by atoms with Crippen LogP contribution in [0.3, 0.4) is 0 Å². The van der Waals surface area contributed by atoms with Gasteiger partial charge in [0.25, 0.3) is 0 Å². The summed E-state index contributed by atoms with van der Waals surface area (Å²) in [6.07, 6.45) is 0. The summed E-state index contributed by atoms with van der Waals surface area (Å²) in [5, 5.41) is 3.21. The van der Waals surface area contributed by atoms with Crippen molar-refractivity contribution in [3.63, 3.8) is 0 Å². The lowest BCUT2D eigenvalue weighted by molar-refractivity contribution is -0.141. The van der Waals surface area contributed by atoms with Gasteiger partial charge in [-0.3, -0.25) is 0 Å². The molecule has 0 aliphatic carbocycles. The fourth-order valence-corrected chi connectivity index (χ4v) is 2.80. The van der Waals surface area contributed by atoms with Crippen molar-refractivity contribution in [2.24, 2.45) is 0 Å². The molecular formula is C17H27N3O2. The van der Waals surface area contributed by atoms with E-state index in [1.165, 1.54) is 12.8 Å². The minimum absolute atomic E-state index is 0.251. The number of piperazine rings is 1. The maximum atomic E-state index is 11.5. The number of esters is 1. The van der Waals surface area contributed by atoms with Gasteiger partial charge in [0.05, 0.1) is 7.11 Å². The molecule has 0 amide bonds. The molecule has 0 spiro atoms. The number of hydrogen-bond donors (Lipinski definition) is 1. The Kier molecular flexibility index (Phi) is 5.66. The first-order chi connectivity index (χ1) is 10.5. The highest BCUT2D eigenvalue weighted by Crippen LogP contribution is 2.24. The van der Waals surface area contributed by atoms with Gasteiger partial charge in [0.2, 0.25) is 0 Å². The van der Waals surface area contributed by atoms with Crippen molar-refractivity contribution in [1.82, 2.24) is 4.90 Å². The minimum atomic E-state index is -0.345. The van der Waals surface area contributed by atoms with Crippen LogP contribution in [0.2, 0.25) is 0 Å². The van der Waals surface area contributed by atoms with Gasteiger partial charge in [-0.15, -0.1) is 0 Å². The van der Waals surface area contributed by atoms with Crippen molar-refractivity contribution in [1.29, 1.82) is 0 Å². The van der Waals surface area contributed by atoms with Crippen LogP contribution in [0.15, 0.2) is 18.2 Å². The van der Waals surface area contributed by atoms with Crippen LogP contribution >= 0.6 is 0 Å². The van der Waals surface area contributed by atoms with Crippen molar-refractivity contribution in [2.75, 3.05) is 50.1 Å². The maximum absolute atomic E-state index is 11.5. The van der Waals surface area contributed by atoms with Crippen LogP contribution in [0.5, 0.6) is 0 Å². The molecule has 0 aromatic heterocycles. The summed E-state index contributed by atoms with van der Waals surface area (Å²) >= 11 is 0. The number of benzene rings is 1. The first kappa shape index (κ1) is 16.6. The van der Waals surface area contributed by atoms with E-state index in [1.807, 2.05) is 6.92 Å². The van der Waals surface area contributed by atoms with E-state index in [2.05, 4.69) is 47.2 Å². The Hall–Kier alpha value is -1.75. The predicted octanol–water partition coefficient (Wildman–Crippen LogP) is 2.11. The molecule has 5 nitrogen and oxygen atoms in total. The van der Waals surface area contributed by atoms with Crippen LogP contribution < -0.4 is 10.2 Å². The fraction of sp³-hybridized carbons (Fsp3) is 0.588. The number of rotatable bonds is 5. The summed E-state index contributed by atoms with van der Waals surface area (Å²) in [6, 6.07) is 6.02. The van der Waals surface area contributed by atoms with E-state index < -0.39 is 0 Å². The van der Waals surface area contributed by atoms with Gasteiger partial charge in [0.15, 0.2) is 0 Å². The summed E-state index contributed by atoms with van der Waals surface area (Å²) in [4.78, 5) is 16.4. The molecule has 1 heterocycles. The monoisotopic (exact) mass is 305 g/mol. The second kappa shape index (κ2) is 7.49. The van der Waals surface area contributed by atoms with E-state index in [0.717, 1.165) is 44.0 Å². The Balaban J connectivity index is 2.02. The molecule has 1 aromatic rings. The molecule has 1 fully saturated rings. The number of anilines is 2. The van der Waals surface area contributed by atoms with E-state index >= 15 is 0 Å². The Labute approximate surface area is 133 Å². The highest BCUT2D eigenvalue weighted by atomic mass is 16.5. The summed E-state index contributed by atoms with van der Waals surface area (Å²) in [5.41, 5.74) is 3.38. The van der Waals surface area contributed by atoms with Crippen molar-refractivity contribution in [3.8, 4) is 0 Å². The predicted molar refractivity (Wildman–Crippen MR) is 90.6 cm³/mol. The molecule has 2 rings (SSSR count). The van der Waals surface area contributed by atoms with E-state index in [1.54, 1.807) is 0 Å². The molecule has 5 heteroatoms. The molecule has 1 atom stereocenters. The molecule has 0 saturated carbocycles. The third kappa shape index (κ3) is 3.91. The standard InChI is InChI=1S/C17H27N3O2/c1-5-19-8-10-20(11-9-19)15-6-7-16(13(2)12-15)18-14(3)17(21)22-4/h6-7,12,14,18H,5,8-11H2,1-4H3. The van der Waals surface area contributed by atoms with Crippen LogP contribution in [0.1, 0.15) is 19.4 Å². The lowest BCUT2D eigenvalue weighted by atomic mass is 10.1. The quantitative estimate of drug-likeness (QED) is 0.844. The van der Waals surface area contributed by atoms with Crippen LogP contribution in [0, 0.1) is 6.92 Å². The minimum Gasteiger partial charge on any atom is -0.467 e. The molecule has 1 unspecified atom stereocenters. The average Bonchev–Trinajstić information content (AvgIpc) is 2.55. The Morgan fingerprint density at radius 2 is 2.00 bits per heavy atom. The van der Waals surface area contributed by atoms with Gasteiger partial charge in [0, 0.05) is 37.6 Å². The first-order valence-electron chi connectivity index (χ1n) is 7.97. The third-order valence-electron chi connectivity index (χ3n) is 4.32. The lowest BCUT2D eigenvalue weighted by Crippen LogP contribution is -2.46. The van der Waals surface area contributed by atoms with Gasteiger partial charge in [-0.05, 0) is 44.2 Å². The molecule has 22 heavy (non-hydrogen) atoms. The summed E-state index contributed by atoms with van der Waals surface area (Å²) in [7, 11) is 1.41. The number of likely N-dealkylation sites (N-methyl/N-ethyl adjacent to an activating group) is 1. The highest BCUT2D eigenvalue weighted by Gasteiger charge is 2.17. The maximum Gasteiger partial charge on any atom is 0.327 e. The number of nitrogens with zero attached hydrogens (tertiary/aromatic N) is 2. The SMILES string of the molecule is CCN1CCN(c2ccc(NC(C)C(=O)OC)c(C)c2)CC1. The van der Waals surface area contributed by atoms with Crippen molar-refractivity contribution in [3.05, 3.63) is 23.8 Å². The van der Waals surface area contributed by atoms with Crippen LogP contribution in [-0.2, 0) is 9.53 Å². The zero-order valence-electron chi connectivity index (χ0n) is 14.1. The summed E-state index contributed by atoms with van der Waals surface area (Å²) in [6.45, 7) is 11.6. The molecule has 0 bridgehead atoms. The lowest BCUT2D eigenvalue weighted by Gasteiger charge is -2.35. The van der Waals surface area contributed by atoms with E-state index in [-0.39, 0.29) is 12.0 Å². The van der Waals surface area contributed by atoms with Crippen molar-refractivity contribution >= 4 is 17.3 Å². The zero-order valence-corrected chi connectivity index (χ0v) is 14.1. The molecule has 122 valence electrons. The Bertz CT molecular complexity index is 511. The van der Waals surface area contributed by atoms with Crippen LogP contribution in [0.4, 0.5) is 11.4 Å². The molecule has 1 saturated heterocycles. The number of methoxy groups -OCH3 is 1. The number of nitrogens with one attached hydrogen (secondary N) is 1. The number of ether oxygens (including phenoxy) is 1. The largest absolute Gasteiger partial charge is 0.467 e. The van der Waals surface area contributed by atoms with Crippen LogP contribution in [0.25, 0.3) is 0 Å². The van der Waals surface area contributed by atoms with Gasteiger partial charge in [-0.1, -0.05) is 6.92 Å². The van der Waals surface area contributed by atoms with Gasteiger partial charge in [-0.2, -0.15) is 0 Å². The van der Waals surface area contributed by atoms with Crippen LogP contribution in [-0.4, -0.2) is 56.7 Å². The summed E-state index contributed by atoms with van der Waals surface area (Å²) in [5.74, 6) is -0.251. The zero-order chi connectivity index (χ0) is 16.1. The molecule has 1 aliphatic rings. The molecule has 1 N–H and O–H groups in total. The van der Waals surface area contributed by atoms with E-state index in [4.69, 9.17) is 4.74 Å². The van der Waals surface area contributed by atoms with E-state index in [9.17, 15) is 4.79 Å². The second-order valence-electron chi connectivity index (χ2n) is 5.81. The Morgan fingerprint density at radius 1 is 1.32 bits per heavy atom. The molecule has 0 radical (unpaired) electrons. The van der Waals surface area contributed by atoms with Gasteiger partial charge in [-0.25, -0.2) is 4.79 Å². The third-order valence-corrected chi connectivity index (χ3v) is 4.32. The van der Waals surface area contributed by atoms with Crippen molar-refractivity contribution in [2.45, 2.75) is 26.8 Å². The smallest absolute Gasteiger partial charge is 0.327 e. The molecule has 1 aromatic carbocycles. The number of carbonyl (C=O) groups excluding carboxylic acids is 1. The first-order valence-corrected chi connectivity index (χ1v) is 7.97. The number of aryl methyl sites for hydroxylation is 1. The van der Waals surface area contributed by atoms with E-state index in [0.29, 0.717) is 0 Å². The fourth-order valence-electron chi connectivity index (χ4n) is 2.80. The average molecular weight is 305 g/mol.